The van der Waals surface area contributed by atoms with Gasteiger partial charge in [-0.2, -0.15) is 5.10 Å². The highest BCUT2D eigenvalue weighted by Gasteiger charge is 2.29. The van der Waals surface area contributed by atoms with E-state index in [-0.39, 0.29) is 18.1 Å². The lowest BCUT2D eigenvalue weighted by molar-refractivity contribution is -0.0588. The number of hydrogen-bond acceptors (Lipinski definition) is 4. The standard InChI is InChI=1S/C24H27N3O3/c1-16-6-5-7-20(12-16)27-23(24(28)26-14-17(2)30-18(3)15-26)13-22(25-27)19-8-10-21(29-4)11-9-19/h5-13,17-18H,14-15H2,1-4H3. The van der Waals surface area contributed by atoms with Gasteiger partial charge < -0.3 is 14.4 Å². The third kappa shape index (κ3) is 4.09. The molecule has 2 aromatic carbocycles. The van der Waals surface area contributed by atoms with E-state index in [9.17, 15) is 4.79 Å². The Morgan fingerprint density at radius 2 is 1.77 bits per heavy atom. The molecule has 1 aliphatic rings. The van der Waals surface area contributed by atoms with Gasteiger partial charge in [-0.15, -0.1) is 0 Å². The number of methoxy groups -OCH3 is 1. The fourth-order valence-electron chi connectivity index (χ4n) is 3.90. The van der Waals surface area contributed by atoms with Crippen LogP contribution in [0.15, 0.2) is 54.6 Å². The summed E-state index contributed by atoms with van der Waals surface area (Å²) in [6.45, 7) is 7.16. The smallest absolute Gasteiger partial charge is 0.272 e. The monoisotopic (exact) mass is 405 g/mol. The van der Waals surface area contributed by atoms with E-state index in [1.165, 1.54) is 0 Å². The molecule has 0 aliphatic carbocycles. The number of carbonyl (C=O) groups is 1. The quantitative estimate of drug-likeness (QED) is 0.656. The number of ether oxygens (including phenoxy) is 2. The van der Waals surface area contributed by atoms with E-state index in [2.05, 4.69) is 0 Å². The van der Waals surface area contributed by atoms with Crippen molar-refractivity contribution in [3.63, 3.8) is 0 Å². The van der Waals surface area contributed by atoms with Crippen LogP contribution in [0, 0.1) is 6.92 Å². The van der Waals surface area contributed by atoms with Crippen molar-refractivity contribution in [3.05, 3.63) is 65.9 Å². The number of morpholine rings is 1. The van der Waals surface area contributed by atoms with E-state index in [4.69, 9.17) is 14.6 Å². The Balaban J connectivity index is 1.77. The predicted molar refractivity (Wildman–Crippen MR) is 116 cm³/mol. The van der Waals surface area contributed by atoms with Gasteiger partial charge in [-0.25, -0.2) is 4.68 Å². The summed E-state index contributed by atoms with van der Waals surface area (Å²) in [6.07, 6.45) is 0.0169. The molecule has 156 valence electrons. The van der Waals surface area contributed by atoms with Gasteiger partial charge in [-0.05, 0) is 68.8 Å². The summed E-state index contributed by atoms with van der Waals surface area (Å²) < 4.78 is 12.8. The molecule has 1 aromatic heterocycles. The molecule has 1 fully saturated rings. The number of aromatic nitrogens is 2. The number of amides is 1. The van der Waals surface area contributed by atoms with Crippen LogP contribution in [0.25, 0.3) is 16.9 Å². The van der Waals surface area contributed by atoms with Crippen molar-refractivity contribution in [2.75, 3.05) is 20.2 Å². The summed E-state index contributed by atoms with van der Waals surface area (Å²) in [5.41, 5.74) is 4.21. The maximum atomic E-state index is 13.5. The summed E-state index contributed by atoms with van der Waals surface area (Å²) in [6, 6.07) is 17.6. The highest BCUT2D eigenvalue weighted by molar-refractivity contribution is 5.94. The Bertz CT molecular complexity index is 1030. The average molecular weight is 405 g/mol. The molecule has 0 spiro atoms. The highest BCUT2D eigenvalue weighted by atomic mass is 16.5. The molecule has 0 N–H and O–H groups in total. The molecule has 2 heterocycles. The number of carbonyl (C=O) groups excluding carboxylic acids is 1. The molecule has 2 unspecified atom stereocenters. The van der Waals surface area contributed by atoms with E-state index in [1.807, 2.05) is 80.3 Å². The average Bonchev–Trinajstić information content (AvgIpc) is 3.18. The topological polar surface area (TPSA) is 56.6 Å². The minimum absolute atomic E-state index is 0.00843. The van der Waals surface area contributed by atoms with Gasteiger partial charge in [0.25, 0.3) is 5.91 Å². The van der Waals surface area contributed by atoms with Crippen LogP contribution in [-0.4, -0.2) is 53.0 Å². The van der Waals surface area contributed by atoms with Crippen molar-refractivity contribution in [1.82, 2.24) is 14.7 Å². The summed E-state index contributed by atoms with van der Waals surface area (Å²) >= 11 is 0. The first-order valence-corrected chi connectivity index (χ1v) is 10.2. The first-order valence-electron chi connectivity index (χ1n) is 10.2. The Kier molecular flexibility index (Phi) is 5.59. The van der Waals surface area contributed by atoms with Gasteiger partial charge in [0, 0.05) is 18.7 Å². The lowest BCUT2D eigenvalue weighted by atomic mass is 10.1. The predicted octanol–water partition coefficient (Wildman–Crippen LogP) is 4.11. The molecule has 1 aliphatic heterocycles. The fraction of sp³-hybridized carbons (Fsp3) is 0.333. The second-order valence-corrected chi connectivity index (χ2v) is 7.86. The molecule has 1 saturated heterocycles. The lowest BCUT2D eigenvalue weighted by Crippen LogP contribution is -2.48. The van der Waals surface area contributed by atoms with Crippen LogP contribution in [0.4, 0.5) is 0 Å². The Morgan fingerprint density at radius 1 is 1.07 bits per heavy atom. The molecule has 0 saturated carbocycles. The van der Waals surface area contributed by atoms with Gasteiger partial charge in [-0.3, -0.25) is 4.79 Å². The minimum atomic E-state index is -0.0363. The molecule has 0 radical (unpaired) electrons. The van der Waals surface area contributed by atoms with Crippen molar-refractivity contribution in [2.24, 2.45) is 0 Å². The third-order valence-corrected chi connectivity index (χ3v) is 5.27. The summed E-state index contributed by atoms with van der Waals surface area (Å²) in [5.74, 6) is 0.746. The zero-order chi connectivity index (χ0) is 21.3. The first kappa shape index (κ1) is 20.2. The van der Waals surface area contributed by atoms with Crippen molar-refractivity contribution in [3.8, 4) is 22.7 Å². The Hall–Kier alpha value is -3.12. The van der Waals surface area contributed by atoms with Gasteiger partial charge >= 0.3 is 0 Å². The van der Waals surface area contributed by atoms with Crippen LogP contribution in [0.5, 0.6) is 5.75 Å². The number of aryl methyl sites for hydroxylation is 1. The normalized spacial score (nSPS) is 19.0. The largest absolute Gasteiger partial charge is 0.497 e. The molecular weight excluding hydrogens is 378 g/mol. The van der Waals surface area contributed by atoms with E-state index >= 15 is 0 Å². The van der Waals surface area contributed by atoms with Crippen LogP contribution < -0.4 is 4.74 Å². The summed E-state index contributed by atoms with van der Waals surface area (Å²) in [5, 5.41) is 4.80. The van der Waals surface area contributed by atoms with Crippen molar-refractivity contribution in [1.29, 1.82) is 0 Å². The number of nitrogens with zero attached hydrogens (tertiary/aromatic N) is 3. The molecule has 4 rings (SSSR count). The first-order chi connectivity index (χ1) is 14.4. The van der Waals surface area contributed by atoms with E-state index in [0.717, 1.165) is 28.3 Å². The zero-order valence-corrected chi connectivity index (χ0v) is 17.8. The van der Waals surface area contributed by atoms with E-state index in [0.29, 0.717) is 18.8 Å². The Labute approximate surface area is 177 Å². The van der Waals surface area contributed by atoms with Crippen LogP contribution in [0.1, 0.15) is 29.9 Å². The van der Waals surface area contributed by atoms with Crippen LogP contribution in [0.3, 0.4) is 0 Å². The van der Waals surface area contributed by atoms with Gasteiger partial charge in [0.15, 0.2) is 0 Å². The second-order valence-electron chi connectivity index (χ2n) is 7.86. The van der Waals surface area contributed by atoms with Crippen molar-refractivity contribution >= 4 is 5.91 Å². The molecule has 1 amide bonds. The van der Waals surface area contributed by atoms with E-state index < -0.39 is 0 Å². The summed E-state index contributed by atoms with van der Waals surface area (Å²) in [4.78, 5) is 15.4. The number of benzene rings is 2. The van der Waals surface area contributed by atoms with Gasteiger partial charge in [0.2, 0.25) is 0 Å². The second kappa shape index (κ2) is 8.32. The maximum Gasteiger partial charge on any atom is 0.272 e. The fourth-order valence-corrected chi connectivity index (χ4v) is 3.90. The maximum absolute atomic E-state index is 13.5. The third-order valence-electron chi connectivity index (χ3n) is 5.27. The molecule has 6 heteroatoms. The summed E-state index contributed by atoms with van der Waals surface area (Å²) in [7, 11) is 1.64. The molecule has 30 heavy (non-hydrogen) atoms. The van der Waals surface area contributed by atoms with E-state index in [1.54, 1.807) is 11.8 Å². The van der Waals surface area contributed by atoms with Crippen LogP contribution in [-0.2, 0) is 4.74 Å². The molecule has 6 nitrogen and oxygen atoms in total. The van der Waals surface area contributed by atoms with Crippen LogP contribution in [0.2, 0.25) is 0 Å². The molecule has 2 atom stereocenters. The molecule has 3 aromatic rings. The number of rotatable bonds is 4. The SMILES string of the molecule is COc1ccc(-c2cc(C(=O)N3CC(C)OC(C)C3)n(-c3cccc(C)c3)n2)cc1. The highest BCUT2D eigenvalue weighted by Crippen LogP contribution is 2.26. The van der Waals surface area contributed by atoms with Gasteiger partial charge in [0.05, 0.1) is 30.7 Å². The Morgan fingerprint density at radius 3 is 2.40 bits per heavy atom. The van der Waals surface area contributed by atoms with Crippen molar-refractivity contribution in [2.45, 2.75) is 33.0 Å². The zero-order valence-electron chi connectivity index (χ0n) is 17.8. The molecule has 0 bridgehead atoms. The number of hydrogen-bond donors (Lipinski definition) is 0. The van der Waals surface area contributed by atoms with Gasteiger partial charge in [0.1, 0.15) is 11.4 Å². The molecular formula is C24H27N3O3. The minimum Gasteiger partial charge on any atom is -0.497 e. The lowest BCUT2D eigenvalue weighted by Gasteiger charge is -2.35. The van der Waals surface area contributed by atoms with Gasteiger partial charge in [-0.1, -0.05) is 12.1 Å². The van der Waals surface area contributed by atoms with Crippen LogP contribution >= 0.6 is 0 Å². The van der Waals surface area contributed by atoms with Crippen molar-refractivity contribution < 1.29 is 14.3 Å².